The number of rotatable bonds is 2. The van der Waals surface area contributed by atoms with Gasteiger partial charge in [-0.3, -0.25) is 0 Å². The summed E-state index contributed by atoms with van der Waals surface area (Å²) in [6, 6.07) is 6.00. The van der Waals surface area contributed by atoms with Gasteiger partial charge in [0, 0.05) is 12.5 Å². The zero-order valence-corrected chi connectivity index (χ0v) is 13.5. The Kier molecular flexibility index (Phi) is 4.57. The van der Waals surface area contributed by atoms with Crippen molar-refractivity contribution in [3.63, 3.8) is 0 Å². The number of likely N-dealkylation sites (tertiary alicyclic amines) is 1. The monoisotopic (exact) mass is 321 g/mol. The highest BCUT2D eigenvalue weighted by atomic mass is 19.1. The summed E-state index contributed by atoms with van der Waals surface area (Å²) in [6.07, 6.45) is 3.92. The van der Waals surface area contributed by atoms with Crippen LogP contribution in [0.5, 0.6) is 0 Å². The Morgan fingerprint density at radius 1 is 1.35 bits per heavy atom. The number of carbonyl (C=O) groups is 1. The van der Waals surface area contributed by atoms with Crippen LogP contribution < -0.4 is 0 Å². The topological polar surface area (TPSA) is 49.8 Å². The SMILES string of the molecule is CCOC(=O)N1CC[C@@]2(O)CCCC[C@H]2[C@H]1c1ccc(F)cc1. The molecule has 1 aromatic carbocycles. The van der Waals surface area contributed by atoms with E-state index in [1.807, 2.05) is 0 Å². The maximum Gasteiger partial charge on any atom is 0.410 e. The number of fused-ring (bicyclic) bond motifs is 1. The molecule has 0 spiro atoms. The molecule has 1 saturated carbocycles. The highest BCUT2D eigenvalue weighted by Gasteiger charge is 2.50. The third kappa shape index (κ3) is 3.07. The first-order chi connectivity index (χ1) is 11.0. The summed E-state index contributed by atoms with van der Waals surface area (Å²) in [7, 11) is 0. The van der Waals surface area contributed by atoms with Gasteiger partial charge in [0.2, 0.25) is 0 Å². The van der Waals surface area contributed by atoms with Gasteiger partial charge in [-0.2, -0.15) is 0 Å². The van der Waals surface area contributed by atoms with Crippen molar-refractivity contribution in [3.8, 4) is 0 Å². The van der Waals surface area contributed by atoms with Gasteiger partial charge >= 0.3 is 6.09 Å². The number of piperidine rings is 1. The first kappa shape index (κ1) is 16.2. The van der Waals surface area contributed by atoms with Crippen LogP contribution in [-0.4, -0.2) is 34.9 Å². The second-order valence-electron chi connectivity index (χ2n) is 6.59. The van der Waals surface area contributed by atoms with Crippen molar-refractivity contribution in [2.24, 2.45) is 5.92 Å². The minimum atomic E-state index is -0.736. The van der Waals surface area contributed by atoms with Crippen LogP contribution in [0.15, 0.2) is 24.3 Å². The molecule has 1 aliphatic heterocycles. The Balaban J connectivity index is 1.97. The Morgan fingerprint density at radius 2 is 2.09 bits per heavy atom. The number of carbonyl (C=O) groups excluding carboxylic acids is 1. The van der Waals surface area contributed by atoms with Gasteiger partial charge in [0.15, 0.2) is 0 Å². The van der Waals surface area contributed by atoms with E-state index in [2.05, 4.69) is 0 Å². The summed E-state index contributed by atoms with van der Waals surface area (Å²) in [5.74, 6) is -0.328. The fourth-order valence-electron chi connectivity index (χ4n) is 4.17. The lowest BCUT2D eigenvalue weighted by molar-refractivity contribution is -0.118. The van der Waals surface area contributed by atoms with Crippen molar-refractivity contribution >= 4 is 6.09 Å². The van der Waals surface area contributed by atoms with Crippen LogP contribution >= 0.6 is 0 Å². The summed E-state index contributed by atoms with van der Waals surface area (Å²) in [4.78, 5) is 14.1. The summed E-state index contributed by atoms with van der Waals surface area (Å²) in [5.41, 5.74) is 0.129. The highest BCUT2D eigenvalue weighted by molar-refractivity contribution is 5.68. The average molecular weight is 321 g/mol. The van der Waals surface area contributed by atoms with Gasteiger partial charge in [-0.05, 0) is 43.9 Å². The number of hydrogen-bond acceptors (Lipinski definition) is 3. The summed E-state index contributed by atoms with van der Waals surface area (Å²) >= 11 is 0. The standard InChI is InChI=1S/C18H24FNO3/c1-2-23-17(21)20-12-11-18(22)10-4-3-5-15(18)16(20)13-6-8-14(19)9-7-13/h6-9,15-16,22H,2-5,10-12H2,1H3/t15-,16+,18-/m0/s1. The number of halogens is 1. The molecule has 0 bridgehead atoms. The van der Waals surface area contributed by atoms with Gasteiger partial charge in [-0.1, -0.05) is 25.0 Å². The Bertz CT molecular complexity index is 562. The predicted molar refractivity (Wildman–Crippen MR) is 84.4 cm³/mol. The van der Waals surface area contributed by atoms with Crippen LogP contribution in [-0.2, 0) is 4.74 Å². The Hall–Kier alpha value is -1.62. The van der Waals surface area contributed by atoms with Gasteiger partial charge in [0.25, 0.3) is 0 Å². The predicted octanol–water partition coefficient (Wildman–Crippen LogP) is 3.65. The van der Waals surface area contributed by atoms with Crippen LogP contribution in [0.4, 0.5) is 9.18 Å². The summed E-state index contributed by atoms with van der Waals surface area (Å²) in [5, 5.41) is 11.1. The molecule has 2 aliphatic rings. The second-order valence-corrected chi connectivity index (χ2v) is 6.59. The molecule has 1 aliphatic carbocycles. The first-order valence-electron chi connectivity index (χ1n) is 8.46. The molecule has 1 N–H and O–H groups in total. The smallest absolute Gasteiger partial charge is 0.410 e. The Labute approximate surface area is 136 Å². The summed E-state index contributed by atoms with van der Waals surface area (Å²) in [6.45, 7) is 2.57. The van der Waals surface area contributed by atoms with E-state index in [1.165, 1.54) is 12.1 Å². The largest absolute Gasteiger partial charge is 0.450 e. The summed E-state index contributed by atoms with van der Waals surface area (Å²) < 4.78 is 18.5. The number of hydrogen-bond donors (Lipinski definition) is 1. The van der Waals surface area contributed by atoms with E-state index in [-0.39, 0.29) is 23.9 Å². The lowest BCUT2D eigenvalue weighted by Gasteiger charge is -2.52. The normalized spacial score (nSPS) is 30.7. The molecule has 2 fully saturated rings. The van der Waals surface area contributed by atoms with Crippen LogP contribution in [0.1, 0.15) is 50.6 Å². The number of benzene rings is 1. The van der Waals surface area contributed by atoms with Crippen molar-refractivity contribution in [2.75, 3.05) is 13.2 Å². The van der Waals surface area contributed by atoms with Crippen LogP contribution in [0, 0.1) is 11.7 Å². The zero-order chi connectivity index (χ0) is 16.4. The number of nitrogens with zero attached hydrogens (tertiary/aromatic N) is 1. The fourth-order valence-corrected chi connectivity index (χ4v) is 4.17. The van der Waals surface area contributed by atoms with Gasteiger partial charge in [-0.15, -0.1) is 0 Å². The molecule has 5 heteroatoms. The van der Waals surface area contributed by atoms with Gasteiger partial charge in [0.1, 0.15) is 5.82 Å². The average Bonchev–Trinajstić information content (AvgIpc) is 2.54. The molecule has 1 saturated heterocycles. The van der Waals surface area contributed by atoms with E-state index >= 15 is 0 Å². The molecule has 0 radical (unpaired) electrons. The van der Waals surface area contributed by atoms with Crippen molar-refractivity contribution in [3.05, 3.63) is 35.6 Å². The molecule has 3 atom stereocenters. The number of ether oxygens (including phenoxy) is 1. The third-order valence-corrected chi connectivity index (χ3v) is 5.28. The molecule has 4 nitrogen and oxygen atoms in total. The lowest BCUT2D eigenvalue weighted by atomic mass is 9.66. The van der Waals surface area contributed by atoms with Crippen molar-refractivity contribution < 1.29 is 19.0 Å². The van der Waals surface area contributed by atoms with Crippen molar-refractivity contribution in [1.82, 2.24) is 4.90 Å². The van der Waals surface area contributed by atoms with Crippen molar-refractivity contribution in [1.29, 1.82) is 0 Å². The van der Waals surface area contributed by atoms with E-state index in [0.29, 0.717) is 19.6 Å². The molecular formula is C18H24FNO3. The molecule has 1 aromatic rings. The zero-order valence-electron chi connectivity index (χ0n) is 13.5. The lowest BCUT2D eigenvalue weighted by Crippen LogP contribution is -2.56. The van der Waals surface area contributed by atoms with Gasteiger partial charge < -0.3 is 14.7 Å². The van der Waals surface area contributed by atoms with Crippen LogP contribution in [0.25, 0.3) is 0 Å². The quantitative estimate of drug-likeness (QED) is 0.904. The molecule has 1 heterocycles. The number of aliphatic hydroxyl groups is 1. The van der Waals surface area contributed by atoms with E-state index in [4.69, 9.17) is 4.74 Å². The minimum absolute atomic E-state index is 0.0279. The highest BCUT2D eigenvalue weighted by Crippen LogP contribution is 2.49. The van der Waals surface area contributed by atoms with E-state index in [1.54, 1.807) is 24.0 Å². The van der Waals surface area contributed by atoms with Gasteiger partial charge in [0.05, 0.1) is 18.2 Å². The van der Waals surface area contributed by atoms with E-state index in [0.717, 1.165) is 31.2 Å². The minimum Gasteiger partial charge on any atom is -0.450 e. The molecular weight excluding hydrogens is 297 g/mol. The molecule has 126 valence electrons. The van der Waals surface area contributed by atoms with Crippen LogP contribution in [0.2, 0.25) is 0 Å². The first-order valence-corrected chi connectivity index (χ1v) is 8.46. The van der Waals surface area contributed by atoms with Crippen LogP contribution in [0.3, 0.4) is 0 Å². The molecule has 1 amide bonds. The van der Waals surface area contributed by atoms with Gasteiger partial charge in [-0.25, -0.2) is 9.18 Å². The maximum absolute atomic E-state index is 13.3. The van der Waals surface area contributed by atoms with Crippen molar-refractivity contribution in [2.45, 2.75) is 50.7 Å². The number of amides is 1. The molecule has 23 heavy (non-hydrogen) atoms. The molecule has 3 rings (SSSR count). The second kappa shape index (κ2) is 6.48. The maximum atomic E-state index is 13.3. The fraction of sp³-hybridized carbons (Fsp3) is 0.611. The molecule has 0 unspecified atom stereocenters. The van der Waals surface area contributed by atoms with E-state index < -0.39 is 5.60 Å². The molecule has 0 aromatic heterocycles. The third-order valence-electron chi connectivity index (χ3n) is 5.28. The van der Waals surface area contributed by atoms with E-state index in [9.17, 15) is 14.3 Å². The Morgan fingerprint density at radius 3 is 2.78 bits per heavy atom.